The van der Waals surface area contributed by atoms with Crippen LogP contribution in [0.25, 0.3) is 5.69 Å². The molecule has 8 heteroatoms. The second-order valence-corrected chi connectivity index (χ2v) is 6.72. The third-order valence-corrected chi connectivity index (χ3v) is 4.48. The van der Waals surface area contributed by atoms with Crippen molar-refractivity contribution in [2.75, 3.05) is 13.7 Å². The smallest absolute Gasteiger partial charge is 0.361 e. The summed E-state index contributed by atoms with van der Waals surface area (Å²) in [6.07, 6.45) is 4.44. The zero-order chi connectivity index (χ0) is 21.9. The van der Waals surface area contributed by atoms with Gasteiger partial charge in [-0.25, -0.2) is 9.48 Å². The van der Waals surface area contributed by atoms with Crippen molar-refractivity contribution in [2.24, 2.45) is 5.16 Å². The molecule has 0 bridgehead atoms. The minimum atomic E-state index is -0.531. The van der Waals surface area contributed by atoms with Gasteiger partial charge in [-0.3, -0.25) is 0 Å². The van der Waals surface area contributed by atoms with Gasteiger partial charge in [0.15, 0.2) is 5.71 Å². The van der Waals surface area contributed by atoms with Crippen LogP contribution in [0.2, 0.25) is 0 Å². The molecule has 0 N–H and O–H groups in total. The van der Waals surface area contributed by atoms with Crippen molar-refractivity contribution >= 4 is 11.7 Å². The fourth-order valence-corrected chi connectivity index (χ4v) is 2.91. The molecule has 3 aromatic rings. The molecule has 0 saturated heterocycles. The first kappa shape index (κ1) is 22.0. The Labute approximate surface area is 181 Å². The van der Waals surface area contributed by atoms with Crippen LogP contribution in [0, 0.1) is 0 Å². The first-order valence-corrected chi connectivity index (χ1v) is 10.2. The van der Waals surface area contributed by atoms with E-state index >= 15 is 0 Å². The molecule has 8 nitrogen and oxygen atoms in total. The maximum atomic E-state index is 12.6. The molecule has 0 aliphatic heterocycles. The van der Waals surface area contributed by atoms with E-state index in [1.54, 1.807) is 17.1 Å². The first-order valence-electron chi connectivity index (χ1n) is 10.2. The Morgan fingerprint density at radius 1 is 1.06 bits per heavy atom. The molecular formula is C23H26N4O4. The number of unbranched alkanes of at least 4 members (excludes halogenated alkanes) is 2. The summed E-state index contributed by atoms with van der Waals surface area (Å²) in [5, 5.41) is 8.24. The topological polar surface area (TPSA) is 87.8 Å². The Morgan fingerprint density at radius 3 is 2.61 bits per heavy atom. The SMILES string of the molecule is CCCCCOC(=O)/C(=N\OC)c1ccccc1COc1ncn(-c2ccccc2)n1. The van der Waals surface area contributed by atoms with Crippen LogP contribution in [0.5, 0.6) is 6.01 Å². The summed E-state index contributed by atoms with van der Waals surface area (Å²) in [4.78, 5) is 21.7. The van der Waals surface area contributed by atoms with Gasteiger partial charge in [0, 0.05) is 5.56 Å². The summed E-state index contributed by atoms with van der Waals surface area (Å²) >= 11 is 0. The van der Waals surface area contributed by atoms with Gasteiger partial charge < -0.3 is 14.3 Å². The van der Waals surface area contributed by atoms with Crippen molar-refractivity contribution in [1.82, 2.24) is 14.8 Å². The second kappa shape index (κ2) is 11.5. The molecule has 0 aliphatic carbocycles. The van der Waals surface area contributed by atoms with Crippen molar-refractivity contribution in [1.29, 1.82) is 0 Å². The third-order valence-electron chi connectivity index (χ3n) is 4.48. The molecular weight excluding hydrogens is 396 g/mol. The number of rotatable bonds is 11. The summed E-state index contributed by atoms with van der Waals surface area (Å²) < 4.78 is 12.8. The summed E-state index contributed by atoms with van der Waals surface area (Å²) in [6, 6.07) is 17.2. The summed E-state index contributed by atoms with van der Waals surface area (Å²) in [7, 11) is 1.39. The summed E-state index contributed by atoms with van der Waals surface area (Å²) in [5.41, 5.74) is 2.29. The maximum Gasteiger partial charge on any atom is 0.361 e. The standard InChI is InChI=1S/C23H26N4O4/c1-3-4-10-15-30-22(28)21(26-29-2)20-14-9-8-11-18(20)16-31-23-24-17-27(25-23)19-12-6-5-7-13-19/h5-9,11-14,17H,3-4,10,15-16H2,1-2H3/b26-21-. The zero-order valence-corrected chi connectivity index (χ0v) is 17.7. The number of benzene rings is 2. The largest absolute Gasteiger partial charge is 0.461 e. The molecule has 0 fully saturated rings. The predicted molar refractivity (Wildman–Crippen MR) is 116 cm³/mol. The van der Waals surface area contributed by atoms with Gasteiger partial charge >= 0.3 is 12.0 Å². The number of oxime groups is 1. The monoisotopic (exact) mass is 422 g/mol. The van der Waals surface area contributed by atoms with E-state index in [2.05, 4.69) is 22.2 Å². The molecule has 0 amide bonds. The third kappa shape index (κ3) is 6.15. The highest BCUT2D eigenvalue weighted by Gasteiger charge is 2.20. The van der Waals surface area contributed by atoms with E-state index < -0.39 is 5.97 Å². The molecule has 0 atom stereocenters. The average Bonchev–Trinajstić information content (AvgIpc) is 3.29. The number of nitrogens with zero attached hydrogens (tertiary/aromatic N) is 4. The lowest BCUT2D eigenvalue weighted by molar-refractivity contribution is -0.135. The number of carbonyl (C=O) groups excluding carboxylic acids is 1. The van der Waals surface area contributed by atoms with Crippen molar-refractivity contribution in [2.45, 2.75) is 32.8 Å². The number of aromatic nitrogens is 3. The lowest BCUT2D eigenvalue weighted by atomic mass is 10.0. The predicted octanol–water partition coefficient (Wildman–Crippen LogP) is 3.93. The highest BCUT2D eigenvalue weighted by molar-refractivity contribution is 6.43. The number of ether oxygens (including phenoxy) is 2. The highest BCUT2D eigenvalue weighted by atomic mass is 16.6. The molecule has 31 heavy (non-hydrogen) atoms. The molecule has 1 heterocycles. The lowest BCUT2D eigenvalue weighted by Crippen LogP contribution is -2.21. The molecule has 0 unspecified atom stereocenters. The van der Waals surface area contributed by atoms with Crippen LogP contribution >= 0.6 is 0 Å². The minimum Gasteiger partial charge on any atom is -0.461 e. The van der Waals surface area contributed by atoms with E-state index in [4.69, 9.17) is 14.3 Å². The minimum absolute atomic E-state index is 0.0981. The van der Waals surface area contributed by atoms with Crippen LogP contribution in [-0.2, 0) is 21.0 Å². The normalized spacial score (nSPS) is 11.2. The molecule has 3 rings (SSSR count). The summed E-state index contributed by atoms with van der Waals surface area (Å²) in [6.45, 7) is 2.59. The van der Waals surface area contributed by atoms with E-state index in [-0.39, 0.29) is 18.3 Å². The van der Waals surface area contributed by atoms with Gasteiger partial charge in [0.25, 0.3) is 0 Å². The maximum absolute atomic E-state index is 12.6. The van der Waals surface area contributed by atoms with Crippen LogP contribution < -0.4 is 4.74 Å². The number of hydrogen-bond donors (Lipinski definition) is 0. The molecule has 0 radical (unpaired) electrons. The number of esters is 1. The van der Waals surface area contributed by atoms with Crippen LogP contribution in [0.15, 0.2) is 66.1 Å². The number of hydrogen-bond acceptors (Lipinski definition) is 7. The van der Waals surface area contributed by atoms with E-state index in [0.29, 0.717) is 12.2 Å². The Bertz CT molecular complexity index is 1000. The Balaban J connectivity index is 1.71. The van der Waals surface area contributed by atoms with Crippen LogP contribution in [0.4, 0.5) is 0 Å². The van der Waals surface area contributed by atoms with Crippen molar-refractivity contribution in [3.8, 4) is 11.7 Å². The number of carbonyl (C=O) groups is 1. The molecule has 0 spiro atoms. The molecule has 2 aromatic carbocycles. The fraction of sp³-hybridized carbons (Fsp3) is 0.304. The molecule has 0 saturated carbocycles. The zero-order valence-electron chi connectivity index (χ0n) is 17.7. The van der Waals surface area contributed by atoms with Gasteiger partial charge in [0.2, 0.25) is 0 Å². The Morgan fingerprint density at radius 2 is 1.84 bits per heavy atom. The molecule has 1 aromatic heterocycles. The van der Waals surface area contributed by atoms with Gasteiger partial charge in [-0.2, -0.15) is 4.98 Å². The van der Waals surface area contributed by atoms with Gasteiger partial charge in [-0.05, 0) is 24.1 Å². The van der Waals surface area contributed by atoms with E-state index in [9.17, 15) is 4.79 Å². The number of para-hydroxylation sites is 1. The van der Waals surface area contributed by atoms with E-state index in [1.807, 2.05) is 48.5 Å². The van der Waals surface area contributed by atoms with Crippen LogP contribution in [0.3, 0.4) is 0 Å². The van der Waals surface area contributed by atoms with Crippen molar-refractivity contribution < 1.29 is 19.1 Å². The first-order chi connectivity index (χ1) is 15.2. The quantitative estimate of drug-likeness (QED) is 0.201. The lowest BCUT2D eigenvalue weighted by Gasteiger charge is -2.11. The Hall–Kier alpha value is -3.68. The highest BCUT2D eigenvalue weighted by Crippen LogP contribution is 2.15. The fourth-order valence-electron chi connectivity index (χ4n) is 2.91. The molecule has 0 aliphatic rings. The van der Waals surface area contributed by atoms with E-state index in [0.717, 1.165) is 30.5 Å². The van der Waals surface area contributed by atoms with Gasteiger partial charge in [-0.15, -0.1) is 5.10 Å². The van der Waals surface area contributed by atoms with Gasteiger partial charge in [0.05, 0.1) is 12.3 Å². The van der Waals surface area contributed by atoms with Gasteiger partial charge in [0.1, 0.15) is 20.0 Å². The van der Waals surface area contributed by atoms with Crippen molar-refractivity contribution in [3.05, 3.63) is 72.1 Å². The summed E-state index contributed by atoms with van der Waals surface area (Å²) in [5.74, 6) is -0.531. The van der Waals surface area contributed by atoms with Crippen LogP contribution in [-0.4, -0.2) is 40.2 Å². The Kier molecular flexibility index (Phi) is 8.16. The van der Waals surface area contributed by atoms with Crippen LogP contribution in [0.1, 0.15) is 37.3 Å². The molecule has 162 valence electrons. The average molecular weight is 422 g/mol. The van der Waals surface area contributed by atoms with E-state index in [1.165, 1.54) is 7.11 Å². The second-order valence-electron chi connectivity index (χ2n) is 6.72. The van der Waals surface area contributed by atoms with Crippen molar-refractivity contribution in [3.63, 3.8) is 0 Å². The van der Waals surface area contributed by atoms with Gasteiger partial charge in [-0.1, -0.05) is 67.4 Å².